The van der Waals surface area contributed by atoms with Gasteiger partial charge in [0.05, 0.1) is 19.2 Å². The van der Waals surface area contributed by atoms with Crippen LogP contribution in [0.3, 0.4) is 0 Å². The molecule has 7 nitrogen and oxygen atoms in total. The van der Waals surface area contributed by atoms with E-state index in [4.69, 9.17) is 4.74 Å². The molecule has 1 saturated heterocycles. The zero-order valence-electron chi connectivity index (χ0n) is 12.0. The van der Waals surface area contributed by atoms with E-state index in [-0.39, 0.29) is 24.9 Å². The number of amides is 2. The summed E-state index contributed by atoms with van der Waals surface area (Å²) in [6.07, 6.45) is 0. The van der Waals surface area contributed by atoms with Crippen LogP contribution in [0.2, 0.25) is 0 Å². The molecule has 21 heavy (non-hydrogen) atoms. The molecule has 1 aromatic rings. The third-order valence-electron chi connectivity index (χ3n) is 3.34. The van der Waals surface area contributed by atoms with Gasteiger partial charge in [0.2, 0.25) is 11.8 Å². The van der Waals surface area contributed by atoms with Gasteiger partial charge in [-0.15, -0.1) is 11.3 Å². The lowest BCUT2D eigenvalue weighted by atomic mass is 10.1. The number of carbonyl (C=O) groups excluding carboxylic acids is 3. The fraction of sp³-hybridized carbons (Fsp3) is 0.462. The highest BCUT2D eigenvalue weighted by atomic mass is 32.1. The van der Waals surface area contributed by atoms with Gasteiger partial charge in [-0.25, -0.2) is 4.79 Å². The van der Waals surface area contributed by atoms with Crippen LogP contribution in [0.4, 0.5) is 5.00 Å². The standard InChI is InChI=1S/C13H17N3O4S/c1-6-7(2)21-12(10(6)13(19)20-3)16-11(18)8-4-15-9(17)5-14-8/h8,14H,4-5H2,1-3H3,(H,15,17)(H,16,18). The fourth-order valence-electron chi connectivity index (χ4n) is 2.01. The number of esters is 1. The molecule has 0 radical (unpaired) electrons. The molecule has 1 unspecified atom stereocenters. The minimum Gasteiger partial charge on any atom is -0.465 e. The second kappa shape index (κ2) is 6.23. The molecule has 0 aliphatic carbocycles. The van der Waals surface area contributed by atoms with Crippen molar-refractivity contribution in [2.45, 2.75) is 19.9 Å². The molecular weight excluding hydrogens is 294 g/mol. The summed E-state index contributed by atoms with van der Waals surface area (Å²) in [6.45, 7) is 4.01. The third kappa shape index (κ3) is 3.22. The van der Waals surface area contributed by atoms with Crippen molar-refractivity contribution in [2.24, 2.45) is 0 Å². The molecule has 0 saturated carbocycles. The predicted octanol–water partition coefficient (Wildman–Crippen LogP) is 0.178. The van der Waals surface area contributed by atoms with Crippen LogP contribution in [0.25, 0.3) is 0 Å². The van der Waals surface area contributed by atoms with Crippen LogP contribution in [0.15, 0.2) is 0 Å². The SMILES string of the molecule is COC(=O)c1c(NC(=O)C2CNC(=O)CN2)sc(C)c1C. The first kappa shape index (κ1) is 15.5. The zero-order chi connectivity index (χ0) is 15.6. The molecular formula is C13H17N3O4S. The maximum atomic E-state index is 12.2. The number of aryl methyl sites for hydroxylation is 1. The Hall–Kier alpha value is -1.93. The van der Waals surface area contributed by atoms with Crippen molar-refractivity contribution in [2.75, 3.05) is 25.5 Å². The van der Waals surface area contributed by atoms with E-state index in [0.717, 1.165) is 10.4 Å². The number of anilines is 1. The zero-order valence-corrected chi connectivity index (χ0v) is 12.8. The lowest BCUT2D eigenvalue weighted by Gasteiger charge is -2.23. The van der Waals surface area contributed by atoms with Crippen LogP contribution in [-0.2, 0) is 14.3 Å². The van der Waals surface area contributed by atoms with Crippen molar-refractivity contribution in [3.05, 3.63) is 16.0 Å². The number of ether oxygens (including phenoxy) is 1. The van der Waals surface area contributed by atoms with E-state index in [0.29, 0.717) is 10.6 Å². The Balaban J connectivity index is 2.16. The Morgan fingerprint density at radius 1 is 1.38 bits per heavy atom. The molecule has 8 heteroatoms. The first-order valence-electron chi connectivity index (χ1n) is 6.43. The number of carbonyl (C=O) groups is 3. The molecule has 0 aromatic carbocycles. The second-order valence-electron chi connectivity index (χ2n) is 4.71. The van der Waals surface area contributed by atoms with Gasteiger partial charge in [0.15, 0.2) is 0 Å². The van der Waals surface area contributed by atoms with Crippen LogP contribution in [0.1, 0.15) is 20.8 Å². The van der Waals surface area contributed by atoms with E-state index >= 15 is 0 Å². The van der Waals surface area contributed by atoms with Crippen molar-refractivity contribution < 1.29 is 19.1 Å². The smallest absolute Gasteiger partial charge is 0.341 e. The Morgan fingerprint density at radius 2 is 2.10 bits per heavy atom. The number of thiophene rings is 1. The topological polar surface area (TPSA) is 96.5 Å². The van der Waals surface area contributed by atoms with Crippen LogP contribution >= 0.6 is 11.3 Å². The van der Waals surface area contributed by atoms with Crippen molar-refractivity contribution in [1.82, 2.24) is 10.6 Å². The van der Waals surface area contributed by atoms with E-state index < -0.39 is 12.0 Å². The van der Waals surface area contributed by atoms with E-state index in [2.05, 4.69) is 16.0 Å². The number of nitrogens with one attached hydrogen (secondary N) is 3. The third-order valence-corrected chi connectivity index (χ3v) is 4.46. The largest absolute Gasteiger partial charge is 0.465 e. The predicted molar refractivity (Wildman–Crippen MR) is 78.6 cm³/mol. The fourth-order valence-corrected chi connectivity index (χ4v) is 3.07. The highest BCUT2D eigenvalue weighted by Crippen LogP contribution is 2.33. The molecule has 1 fully saturated rings. The number of rotatable bonds is 3. The van der Waals surface area contributed by atoms with Crippen molar-refractivity contribution >= 4 is 34.1 Å². The van der Waals surface area contributed by atoms with Gasteiger partial charge in [-0.05, 0) is 19.4 Å². The Morgan fingerprint density at radius 3 is 2.67 bits per heavy atom. The maximum absolute atomic E-state index is 12.2. The first-order valence-corrected chi connectivity index (χ1v) is 7.25. The monoisotopic (exact) mass is 311 g/mol. The average molecular weight is 311 g/mol. The van der Waals surface area contributed by atoms with E-state index in [1.807, 2.05) is 13.8 Å². The highest BCUT2D eigenvalue weighted by Gasteiger charge is 2.27. The van der Waals surface area contributed by atoms with Crippen molar-refractivity contribution in [3.63, 3.8) is 0 Å². The van der Waals surface area contributed by atoms with Crippen LogP contribution < -0.4 is 16.0 Å². The highest BCUT2D eigenvalue weighted by molar-refractivity contribution is 7.16. The quantitative estimate of drug-likeness (QED) is 0.692. The molecule has 1 aliphatic heterocycles. The van der Waals surface area contributed by atoms with Gasteiger partial charge in [-0.3, -0.25) is 14.9 Å². The number of hydrogen-bond donors (Lipinski definition) is 3. The Bertz CT molecular complexity index is 586. The molecule has 2 rings (SSSR count). The summed E-state index contributed by atoms with van der Waals surface area (Å²) in [5.41, 5.74) is 1.18. The minimum absolute atomic E-state index is 0.102. The molecule has 1 aliphatic rings. The summed E-state index contributed by atoms with van der Waals surface area (Å²) in [7, 11) is 1.30. The van der Waals surface area contributed by atoms with E-state index in [1.165, 1.54) is 18.4 Å². The number of methoxy groups -OCH3 is 1. The molecule has 3 N–H and O–H groups in total. The normalized spacial score (nSPS) is 18.0. The van der Waals surface area contributed by atoms with Gasteiger partial charge in [0.1, 0.15) is 11.0 Å². The van der Waals surface area contributed by atoms with Gasteiger partial charge in [0.25, 0.3) is 0 Å². The van der Waals surface area contributed by atoms with Crippen LogP contribution in [0.5, 0.6) is 0 Å². The van der Waals surface area contributed by atoms with Gasteiger partial charge in [-0.2, -0.15) is 0 Å². The maximum Gasteiger partial charge on any atom is 0.341 e. The summed E-state index contributed by atoms with van der Waals surface area (Å²) in [6, 6.07) is -0.518. The number of piperazine rings is 1. The molecule has 0 bridgehead atoms. The molecule has 114 valence electrons. The van der Waals surface area contributed by atoms with Gasteiger partial charge in [-0.1, -0.05) is 0 Å². The summed E-state index contributed by atoms with van der Waals surface area (Å²) in [4.78, 5) is 36.0. The van der Waals surface area contributed by atoms with Gasteiger partial charge < -0.3 is 15.4 Å². The van der Waals surface area contributed by atoms with E-state index in [1.54, 1.807) is 0 Å². The van der Waals surface area contributed by atoms with Gasteiger partial charge in [0, 0.05) is 11.4 Å². The molecule has 0 spiro atoms. The van der Waals surface area contributed by atoms with Crippen LogP contribution in [0, 0.1) is 13.8 Å². The van der Waals surface area contributed by atoms with Crippen molar-refractivity contribution in [3.8, 4) is 0 Å². The second-order valence-corrected chi connectivity index (χ2v) is 5.93. The molecule has 2 amide bonds. The Kier molecular flexibility index (Phi) is 4.59. The molecule has 1 atom stereocenters. The molecule has 1 aromatic heterocycles. The summed E-state index contributed by atoms with van der Waals surface area (Å²) in [5.74, 6) is -0.907. The van der Waals surface area contributed by atoms with Crippen molar-refractivity contribution in [1.29, 1.82) is 0 Å². The van der Waals surface area contributed by atoms with E-state index in [9.17, 15) is 14.4 Å². The van der Waals surface area contributed by atoms with Gasteiger partial charge >= 0.3 is 5.97 Å². The minimum atomic E-state index is -0.518. The Labute approximate surface area is 126 Å². The number of hydrogen-bond acceptors (Lipinski definition) is 6. The summed E-state index contributed by atoms with van der Waals surface area (Å²) >= 11 is 1.33. The average Bonchev–Trinajstić information content (AvgIpc) is 2.73. The van der Waals surface area contributed by atoms with Crippen LogP contribution in [-0.4, -0.2) is 44.0 Å². The first-order chi connectivity index (χ1) is 9.93. The summed E-state index contributed by atoms with van der Waals surface area (Å²) < 4.78 is 4.76. The lowest BCUT2D eigenvalue weighted by Crippen LogP contribution is -2.56. The summed E-state index contributed by atoms with van der Waals surface area (Å²) in [5, 5.41) is 8.66. The lowest BCUT2D eigenvalue weighted by molar-refractivity contribution is -0.124. The molecule has 2 heterocycles.